The summed E-state index contributed by atoms with van der Waals surface area (Å²) < 4.78 is 10.5. The number of nitrogens with one attached hydrogen (secondary N) is 1. The number of primary amides is 1. The molecule has 0 aliphatic heterocycles. The Kier molecular flexibility index (Phi) is 6.71. The highest BCUT2D eigenvalue weighted by Crippen LogP contribution is 2.27. The minimum absolute atomic E-state index is 0.125. The first kappa shape index (κ1) is 18.7. The van der Waals surface area contributed by atoms with Crippen LogP contribution < -0.4 is 20.5 Å². The van der Waals surface area contributed by atoms with Gasteiger partial charge in [-0.05, 0) is 29.8 Å². The molecule has 2 aromatic carbocycles. The van der Waals surface area contributed by atoms with Gasteiger partial charge in [-0.1, -0.05) is 18.2 Å². The van der Waals surface area contributed by atoms with Crippen LogP contribution in [0.1, 0.15) is 15.9 Å². The van der Waals surface area contributed by atoms with Gasteiger partial charge in [0.1, 0.15) is 0 Å². The van der Waals surface area contributed by atoms with Crippen molar-refractivity contribution in [2.24, 2.45) is 5.73 Å². The van der Waals surface area contributed by atoms with Gasteiger partial charge in [-0.2, -0.15) is 0 Å². The van der Waals surface area contributed by atoms with Crippen LogP contribution in [-0.4, -0.2) is 31.8 Å². The lowest BCUT2D eigenvalue weighted by Gasteiger charge is -2.11. The lowest BCUT2D eigenvalue weighted by atomic mass is 10.1. The molecule has 0 atom stereocenters. The highest BCUT2D eigenvalue weighted by atomic mass is 32.2. The summed E-state index contributed by atoms with van der Waals surface area (Å²) in [7, 11) is 3.13. The predicted molar refractivity (Wildman–Crippen MR) is 97.1 cm³/mol. The first-order chi connectivity index (χ1) is 12.0. The van der Waals surface area contributed by atoms with E-state index in [-0.39, 0.29) is 11.7 Å². The third-order valence-corrected chi connectivity index (χ3v) is 4.50. The Morgan fingerprint density at radius 3 is 2.48 bits per heavy atom. The number of amides is 2. The smallest absolute Gasteiger partial charge is 0.252 e. The van der Waals surface area contributed by atoms with Gasteiger partial charge in [0.05, 0.1) is 25.5 Å². The van der Waals surface area contributed by atoms with E-state index in [1.54, 1.807) is 38.5 Å². The van der Waals surface area contributed by atoms with Crippen LogP contribution in [0.3, 0.4) is 0 Å². The molecule has 25 heavy (non-hydrogen) atoms. The van der Waals surface area contributed by atoms with Crippen molar-refractivity contribution in [2.45, 2.75) is 11.4 Å². The molecule has 0 spiro atoms. The highest BCUT2D eigenvalue weighted by Gasteiger charge is 2.12. The Morgan fingerprint density at radius 2 is 1.80 bits per heavy atom. The molecule has 2 aromatic rings. The summed E-state index contributed by atoms with van der Waals surface area (Å²) in [5.74, 6) is 0.713. The van der Waals surface area contributed by atoms with Crippen LogP contribution in [0.5, 0.6) is 11.5 Å². The van der Waals surface area contributed by atoms with Gasteiger partial charge in [0, 0.05) is 11.4 Å². The number of nitrogens with two attached hydrogens (primary N) is 1. The first-order valence-corrected chi connectivity index (χ1v) is 8.53. The fourth-order valence-corrected chi connectivity index (χ4v) is 2.99. The standard InChI is InChI=1S/C18H20N2O4S/c1-23-14-8-7-12(9-15(14)24-2)10-20-18(22)13-5-3-4-6-16(13)25-11-17(19)21/h3-9H,10-11H2,1-2H3,(H2,19,21)(H,20,22). The van der Waals surface area contributed by atoms with Gasteiger partial charge in [-0.15, -0.1) is 11.8 Å². The van der Waals surface area contributed by atoms with Crippen molar-refractivity contribution in [2.75, 3.05) is 20.0 Å². The van der Waals surface area contributed by atoms with Crippen molar-refractivity contribution in [3.63, 3.8) is 0 Å². The molecule has 7 heteroatoms. The number of ether oxygens (including phenoxy) is 2. The molecule has 0 saturated carbocycles. The van der Waals surface area contributed by atoms with Crippen LogP contribution in [0.2, 0.25) is 0 Å². The SMILES string of the molecule is COc1ccc(CNC(=O)c2ccccc2SCC(N)=O)cc1OC. The number of hydrogen-bond donors (Lipinski definition) is 2. The average Bonchev–Trinajstić information content (AvgIpc) is 2.64. The molecule has 0 heterocycles. The fourth-order valence-electron chi connectivity index (χ4n) is 2.20. The number of carbonyl (C=O) groups excluding carboxylic acids is 2. The van der Waals surface area contributed by atoms with Crippen LogP contribution in [0.15, 0.2) is 47.4 Å². The van der Waals surface area contributed by atoms with Crippen molar-refractivity contribution in [1.29, 1.82) is 0 Å². The zero-order valence-corrected chi connectivity index (χ0v) is 14.9. The molecule has 0 unspecified atom stereocenters. The molecule has 0 fully saturated rings. The van der Waals surface area contributed by atoms with Crippen molar-refractivity contribution in [3.8, 4) is 11.5 Å². The minimum Gasteiger partial charge on any atom is -0.493 e. The second-order valence-electron chi connectivity index (χ2n) is 5.12. The number of hydrogen-bond acceptors (Lipinski definition) is 5. The van der Waals surface area contributed by atoms with Crippen molar-refractivity contribution in [1.82, 2.24) is 5.32 Å². The summed E-state index contributed by atoms with van der Waals surface area (Å²) in [5.41, 5.74) is 6.56. The van der Waals surface area contributed by atoms with Crippen molar-refractivity contribution >= 4 is 23.6 Å². The Bertz CT molecular complexity index is 764. The maximum Gasteiger partial charge on any atom is 0.252 e. The number of methoxy groups -OCH3 is 2. The van der Waals surface area contributed by atoms with E-state index in [1.165, 1.54) is 11.8 Å². The Hall–Kier alpha value is -2.67. The van der Waals surface area contributed by atoms with Gasteiger partial charge < -0.3 is 20.5 Å². The second kappa shape index (κ2) is 8.98. The van der Waals surface area contributed by atoms with Crippen LogP contribution >= 0.6 is 11.8 Å². The summed E-state index contributed by atoms with van der Waals surface area (Å²) in [6.45, 7) is 0.341. The van der Waals surface area contributed by atoms with E-state index in [2.05, 4.69) is 5.32 Å². The third-order valence-electron chi connectivity index (χ3n) is 3.40. The fraction of sp³-hybridized carbons (Fsp3) is 0.222. The monoisotopic (exact) mass is 360 g/mol. The molecular formula is C18H20N2O4S. The normalized spacial score (nSPS) is 10.2. The van der Waals surface area contributed by atoms with Crippen LogP contribution in [-0.2, 0) is 11.3 Å². The lowest BCUT2D eigenvalue weighted by Crippen LogP contribution is -2.23. The predicted octanol–water partition coefficient (Wildman–Crippen LogP) is 2.21. The zero-order valence-electron chi connectivity index (χ0n) is 14.1. The van der Waals surface area contributed by atoms with Crippen molar-refractivity contribution < 1.29 is 19.1 Å². The molecule has 0 saturated heterocycles. The van der Waals surface area contributed by atoms with Gasteiger partial charge in [0.2, 0.25) is 5.91 Å². The Balaban J connectivity index is 2.07. The van der Waals surface area contributed by atoms with Crippen molar-refractivity contribution in [3.05, 3.63) is 53.6 Å². The lowest BCUT2D eigenvalue weighted by molar-refractivity contribution is -0.115. The van der Waals surface area contributed by atoms with E-state index < -0.39 is 5.91 Å². The quantitative estimate of drug-likeness (QED) is 0.705. The number of benzene rings is 2. The van der Waals surface area contributed by atoms with Gasteiger partial charge in [-0.25, -0.2) is 0 Å². The van der Waals surface area contributed by atoms with Gasteiger partial charge in [0.15, 0.2) is 11.5 Å². The number of thioether (sulfide) groups is 1. The maximum absolute atomic E-state index is 12.5. The molecule has 0 bridgehead atoms. The number of carbonyl (C=O) groups is 2. The van der Waals surface area contributed by atoms with E-state index in [0.29, 0.717) is 28.5 Å². The molecule has 6 nitrogen and oxygen atoms in total. The molecule has 2 amide bonds. The maximum atomic E-state index is 12.5. The molecule has 0 aliphatic rings. The third kappa shape index (κ3) is 5.15. The van der Waals surface area contributed by atoms with Crippen LogP contribution in [0, 0.1) is 0 Å². The van der Waals surface area contributed by atoms with Gasteiger partial charge >= 0.3 is 0 Å². The topological polar surface area (TPSA) is 90.6 Å². The summed E-state index contributed by atoms with van der Waals surface area (Å²) in [5, 5.41) is 2.87. The minimum atomic E-state index is -0.425. The van der Waals surface area contributed by atoms with Crippen LogP contribution in [0.25, 0.3) is 0 Å². The van der Waals surface area contributed by atoms with E-state index in [1.807, 2.05) is 18.2 Å². The van der Waals surface area contributed by atoms with E-state index in [0.717, 1.165) is 5.56 Å². The highest BCUT2D eigenvalue weighted by molar-refractivity contribution is 8.00. The number of rotatable bonds is 8. The second-order valence-corrected chi connectivity index (χ2v) is 6.14. The summed E-state index contributed by atoms with van der Waals surface area (Å²) in [4.78, 5) is 24.1. The molecule has 0 aliphatic carbocycles. The zero-order chi connectivity index (χ0) is 18.2. The molecule has 0 aromatic heterocycles. The largest absolute Gasteiger partial charge is 0.493 e. The van der Waals surface area contributed by atoms with E-state index in [4.69, 9.17) is 15.2 Å². The van der Waals surface area contributed by atoms with E-state index in [9.17, 15) is 9.59 Å². The molecule has 0 radical (unpaired) electrons. The van der Waals surface area contributed by atoms with Gasteiger partial charge in [-0.3, -0.25) is 9.59 Å². The summed E-state index contributed by atoms with van der Waals surface area (Å²) in [6.07, 6.45) is 0. The first-order valence-electron chi connectivity index (χ1n) is 7.54. The van der Waals surface area contributed by atoms with Gasteiger partial charge in [0.25, 0.3) is 5.91 Å². The average molecular weight is 360 g/mol. The summed E-state index contributed by atoms with van der Waals surface area (Å²) in [6, 6.07) is 12.6. The summed E-state index contributed by atoms with van der Waals surface area (Å²) >= 11 is 1.24. The van der Waals surface area contributed by atoms with E-state index >= 15 is 0 Å². The molecule has 3 N–H and O–H groups in total. The molecular weight excluding hydrogens is 340 g/mol. The Labute approximate surface area is 150 Å². The Morgan fingerprint density at radius 1 is 1.08 bits per heavy atom. The molecule has 2 rings (SSSR count). The molecule has 132 valence electrons. The van der Waals surface area contributed by atoms with Crippen LogP contribution in [0.4, 0.5) is 0 Å².